The lowest BCUT2D eigenvalue weighted by atomic mass is 10.2. The third-order valence-corrected chi connectivity index (χ3v) is 5.09. The van der Waals surface area contributed by atoms with Crippen molar-refractivity contribution in [3.63, 3.8) is 0 Å². The summed E-state index contributed by atoms with van der Waals surface area (Å²) in [6, 6.07) is 12.3. The van der Waals surface area contributed by atoms with E-state index in [-0.39, 0.29) is 18.0 Å². The van der Waals surface area contributed by atoms with E-state index in [2.05, 4.69) is 0 Å². The molecule has 0 bridgehead atoms. The molecule has 0 fully saturated rings. The highest BCUT2D eigenvalue weighted by atomic mass is 32.2. The second kappa shape index (κ2) is 6.89. The van der Waals surface area contributed by atoms with E-state index in [9.17, 15) is 12.8 Å². The van der Waals surface area contributed by atoms with Crippen molar-refractivity contribution in [3.8, 4) is 5.75 Å². The number of benzene rings is 2. The molecule has 0 saturated carbocycles. The summed E-state index contributed by atoms with van der Waals surface area (Å²) in [5.74, 6) is 0.225. The van der Waals surface area contributed by atoms with Crippen LogP contribution in [0.2, 0.25) is 0 Å². The summed E-state index contributed by atoms with van der Waals surface area (Å²) in [5.41, 5.74) is 1.13. The molecule has 2 aromatic rings. The summed E-state index contributed by atoms with van der Waals surface area (Å²) in [4.78, 5) is 0.0618. The maximum Gasteiger partial charge on any atom is 0.242 e. The number of hydrogen-bond acceptors (Lipinski definition) is 3. The number of nitrogens with zero attached hydrogens (tertiary/aromatic N) is 1. The molecule has 0 aliphatic rings. The molecule has 0 N–H and O–H groups in total. The Morgan fingerprint density at radius 2 is 1.64 bits per heavy atom. The van der Waals surface area contributed by atoms with Gasteiger partial charge in [0.1, 0.15) is 18.2 Å². The van der Waals surface area contributed by atoms with Crippen molar-refractivity contribution in [1.82, 2.24) is 4.31 Å². The van der Waals surface area contributed by atoms with Crippen LogP contribution >= 0.6 is 0 Å². The molecule has 0 atom stereocenters. The van der Waals surface area contributed by atoms with Crippen LogP contribution in [-0.2, 0) is 10.0 Å². The molecule has 0 saturated heterocycles. The Kier molecular flexibility index (Phi) is 5.15. The minimum Gasteiger partial charge on any atom is -0.492 e. The number of ether oxygens (including phenoxy) is 1. The van der Waals surface area contributed by atoms with Gasteiger partial charge in [0.05, 0.1) is 4.90 Å². The molecular formula is C16H18FNO3S. The van der Waals surface area contributed by atoms with Crippen molar-refractivity contribution in [2.45, 2.75) is 11.8 Å². The predicted octanol–water partition coefficient (Wildman–Crippen LogP) is 2.83. The molecule has 0 aliphatic heterocycles. The largest absolute Gasteiger partial charge is 0.492 e. The van der Waals surface area contributed by atoms with Crippen LogP contribution < -0.4 is 4.74 Å². The second-order valence-corrected chi connectivity index (χ2v) is 6.99. The van der Waals surface area contributed by atoms with Gasteiger partial charge in [-0.3, -0.25) is 0 Å². The average molecular weight is 323 g/mol. The van der Waals surface area contributed by atoms with Crippen LogP contribution in [0.1, 0.15) is 5.56 Å². The van der Waals surface area contributed by atoms with E-state index < -0.39 is 15.8 Å². The Bertz CT molecular complexity index is 712. The van der Waals surface area contributed by atoms with Crippen LogP contribution in [0.4, 0.5) is 4.39 Å². The van der Waals surface area contributed by atoms with E-state index >= 15 is 0 Å². The van der Waals surface area contributed by atoms with Gasteiger partial charge in [-0.05, 0) is 43.3 Å². The molecule has 118 valence electrons. The maximum atomic E-state index is 12.9. The SMILES string of the molecule is Cc1ccc(OCCN(C)S(=O)(=O)c2ccc(F)cc2)cc1. The Balaban J connectivity index is 1.94. The number of aryl methyl sites for hydroxylation is 1. The fourth-order valence-electron chi connectivity index (χ4n) is 1.83. The Morgan fingerprint density at radius 1 is 1.05 bits per heavy atom. The summed E-state index contributed by atoms with van der Waals surface area (Å²) in [5, 5.41) is 0. The highest BCUT2D eigenvalue weighted by Gasteiger charge is 2.20. The molecule has 4 nitrogen and oxygen atoms in total. The predicted molar refractivity (Wildman–Crippen MR) is 82.9 cm³/mol. The van der Waals surface area contributed by atoms with Gasteiger partial charge in [-0.25, -0.2) is 12.8 Å². The van der Waals surface area contributed by atoms with E-state index in [4.69, 9.17) is 4.74 Å². The van der Waals surface area contributed by atoms with E-state index in [1.807, 2.05) is 31.2 Å². The molecule has 0 aromatic heterocycles. The number of rotatable bonds is 6. The van der Waals surface area contributed by atoms with Crippen LogP contribution in [0.3, 0.4) is 0 Å². The molecule has 2 aromatic carbocycles. The number of halogens is 1. The monoisotopic (exact) mass is 323 g/mol. The lowest BCUT2D eigenvalue weighted by Crippen LogP contribution is -2.31. The first-order valence-electron chi connectivity index (χ1n) is 6.81. The van der Waals surface area contributed by atoms with Gasteiger partial charge < -0.3 is 4.74 Å². The zero-order valence-electron chi connectivity index (χ0n) is 12.5. The van der Waals surface area contributed by atoms with Crippen LogP contribution in [0.15, 0.2) is 53.4 Å². The number of sulfonamides is 1. The van der Waals surface area contributed by atoms with Crippen molar-refractivity contribution in [1.29, 1.82) is 0 Å². The van der Waals surface area contributed by atoms with Gasteiger partial charge in [0.2, 0.25) is 10.0 Å². The van der Waals surface area contributed by atoms with Gasteiger partial charge in [0.25, 0.3) is 0 Å². The van der Waals surface area contributed by atoms with E-state index in [0.29, 0.717) is 5.75 Å². The zero-order chi connectivity index (χ0) is 16.2. The maximum absolute atomic E-state index is 12.9. The highest BCUT2D eigenvalue weighted by molar-refractivity contribution is 7.89. The van der Waals surface area contributed by atoms with Gasteiger partial charge in [0, 0.05) is 13.6 Å². The molecule has 0 amide bonds. The number of hydrogen-bond donors (Lipinski definition) is 0. The third kappa shape index (κ3) is 4.05. The van der Waals surface area contributed by atoms with Gasteiger partial charge >= 0.3 is 0 Å². The van der Waals surface area contributed by atoms with E-state index in [1.54, 1.807) is 0 Å². The first-order valence-corrected chi connectivity index (χ1v) is 8.25. The summed E-state index contributed by atoms with van der Waals surface area (Å²) >= 11 is 0. The van der Waals surface area contributed by atoms with Crippen LogP contribution in [-0.4, -0.2) is 32.9 Å². The smallest absolute Gasteiger partial charge is 0.242 e. The first kappa shape index (κ1) is 16.5. The van der Waals surface area contributed by atoms with Crippen LogP contribution in [0, 0.1) is 12.7 Å². The minimum atomic E-state index is -3.63. The normalized spacial score (nSPS) is 11.6. The van der Waals surface area contributed by atoms with Gasteiger partial charge in [-0.2, -0.15) is 4.31 Å². The summed E-state index contributed by atoms with van der Waals surface area (Å²) in [7, 11) is -2.16. The average Bonchev–Trinajstić information content (AvgIpc) is 2.49. The quantitative estimate of drug-likeness (QED) is 0.821. The molecular weight excluding hydrogens is 305 g/mol. The molecule has 0 radical (unpaired) electrons. The second-order valence-electron chi connectivity index (χ2n) is 4.94. The molecule has 2 rings (SSSR count). The summed E-state index contributed by atoms with van der Waals surface area (Å²) in [6.45, 7) is 2.42. The van der Waals surface area contributed by atoms with Gasteiger partial charge in [-0.15, -0.1) is 0 Å². The van der Waals surface area contributed by atoms with Crippen molar-refractivity contribution in [2.24, 2.45) is 0 Å². The standard InChI is InChI=1S/C16H18FNO3S/c1-13-3-7-15(8-4-13)21-12-11-18(2)22(19,20)16-9-5-14(17)6-10-16/h3-10H,11-12H2,1-2H3. The topological polar surface area (TPSA) is 46.6 Å². The number of likely N-dealkylation sites (N-methyl/N-ethyl adjacent to an activating group) is 1. The lowest BCUT2D eigenvalue weighted by molar-refractivity contribution is 0.287. The fraction of sp³-hybridized carbons (Fsp3) is 0.250. The molecule has 22 heavy (non-hydrogen) atoms. The van der Waals surface area contributed by atoms with Crippen molar-refractivity contribution < 1.29 is 17.5 Å². The van der Waals surface area contributed by atoms with E-state index in [0.717, 1.165) is 17.7 Å². The molecule has 0 spiro atoms. The Morgan fingerprint density at radius 3 is 2.23 bits per heavy atom. The van der Waals surface area contributed by atoms with Crippen LogP contribution in [0.25, 0.3) is 0 Å². The zero-order valence-corrected chi connectivity index (χ0v) is 13.3. The van der Waals surface area contributed by atoms with Crippen LogP contribution in [0.5, 0.6) is 5.75 Å². The lowest BCUT2D eigenvalue weighted by Gasteiger charge is -2.17. The molecule has 0 unspecified atom stereocenters. The van der Waals surface area contributed by atoms with Gasteiger partial charge in [-0.1, -0.05) is 17.7 Å². The first-order chi connectivity index (χ1) is 10.4. The van der Waals surface area contributed by atoms with Crippen molar-refractivity contribution in [3.05, 3.63) is 59.9 Å². The molecule has 0 heterocycles. The van der Waals surface area contributed by atoms with E-state index in [1.165, 1.54) is 23.5 Å². The fourth-order valence-corrected chi connectivity index (χ4v) is 2.99. The summed E-state index contributed by atoms with van der Waals surface area (Å²) < 4.78 is 44.1. The Hall–Kier alpha value is -1.92. The third-order valence-electron chi connectivity index (χ3n) is 3.22. The summed E-state index contributed by atoms with van der Waals surface area (Å²) in [6.07, 6.45) is 0. The van der Waals surface area contributed by atoms with Crippen molar-refractivity contribution in [2.75, 3.05) is 20.2 Å². The minimum absolute atomic E-state index is 0.0618. The molecule has 0 aliphatic carbocycles. The van der Waals surface area contributed by atoms with Gasteiger partial charge in [0.15, 0.2) is 0 Å². The highest BCUT2D eigenvalue weighted by Crippen LogP contribution is 2.15. The van der Waals surface area contributed by atoms with Crippen molar-refractivity contribution >= 4 is 10.0 Å². The molecule has 6 heteroatoms. The Labute approximate surface area is 130 Å².